The van der Waals surface area contributed by atoms with Crippen molar-refractivity contribution in [3.8, 4) is 0 Å². The number of H-pyrrole nitrogens is 2. The molecule has 0 spiro atoms. The van der Waals surface area contributed by atoms with Crippen LogP contribution in [0.15, 0.2) is 48.5 Å². The maximum Gasteiger partial charge on any atom is 0.0658 e. The van der Waals surface area contributed by atoms with E-state index in [0.717, 1.165) is 44.8 Å². The quantitative estimate of drug-likeness (QED) is 0.332. The van der Waals surface area contributed by atoms with Crippen LogP contribution in [0.1, 0.15) is 22.8 Å². The van der Waals surface area contributed by atoms with E-state index in [9.17, 15) is 0 Å². The fraction of sp³-hybridized carbons (Fsp3) is 0. The van der Waals surface area contributed by atoms with Crippen LogP contribution in [0.5, 0.6) is 0 Å². The molecule has 119 valence electrons. The third-order valence-corrected chi connectivity index (χ3v) is 4.04. The van der Waals surface area contributed by atoms with Crippen LogP contribution in [-0.4, -0.2) is 19.9 Å². The van der Waals surface area contributed by atoms with E-state index in [1.807, 2.05) is 48.6 Å². The van der Waals surface area contributed by atoms with Gasteiger partial charge in [-0.1, -0.05) is 0 Å². The van der Waals surface area contributed by atoms with Crippen LogP contribution < -0.4 is 0 Å². The Morgan fingerprint density at radius 1 is 0.480 bits per heavy atom. The van der Waals surface area contributed by atoms with Gasteiger partial charge in [0.2, 0.25) is 0 Å². The van der Waals surface area contributed by atoms with Crippen molar-refractivity contribution in [1.29, 1.82) is 0 Å². The van der Waals surface area contributed by atoms with Crippen molar-refractivity contribution in [1.82, 2.24) is 19.9 Å². The average molecular weight is 491 g/mol. The molecule has 0 unspecified atom stereocenters. The van der Waals surface area contributed by atoms with Gasteiger partial charge < -0.3 is 9.97 Å². The number of nitrogens with one attached hydrogen (secondary N) is 2. The van der Waals surface area contributed by atoms with Gasteiger partial charge in [0.1, 0.15) is 0 Å². The van der Waals surface area contributed by atoms with Crippen molar-refractivity contribution < 1.29 is 22.4 Å². The fourth-order valence-corrected chi connectivity index (χ4v) is 2.94. The van der Waals surface area contributed by atoms with Gasteiger partial charge in [-0.2, -0.15) is 0 Å². The van der Waals surface area contributed by atoms with Crippen molar-refractivity contribution in [2.45, 2.75) is 0 Å². The van der Waals surface area contributed by atoms with Gasteiger partial charge in [-0.15, -0.1) is 0 Å². The number of hydrogen-bond acceptors (Lipinski definition) is 2. The van der Waals surface area contributed by atoms with E-state index in [0.29, 0.717) is 0 Å². The molecular weight excluding hydrogens is 477 g/mol. The van der Waals surface area contributed by atoms with Crippen molar-refractivity contribution in [2.24, 2.45) is 0 Å². The second-order valence-corrected chi connectivity index (χ2v) is 5.91. The summed E-state index contributed by atoms with van der Waals surface area (Å²) >= 11 is 0. The molecule has 0 amide bonds. The smallest absolute Gasteiger partial charge is 0.0658 e. The fourth-order valence-electron chi connectivity index (χ4n) is 2.94. The molecule has 5 rings (SSSR count). The molecule has 2 aliphatic rings. The maximum absolute atomic E-state index is 4.63. The second-order valence-electron chi connectivity index (χ2n) is 5.91. The zero-order chi connectivity index (χ0) is 15.9. The summed E-state index contributed by atoms with van der Waals surface area (Å²) in [6, 6.07) is 16.4. The number of aromatic amines is 2. The Kier molecular flexibility index (Phi) is 4.01. The predicted molar refractivity (Wildman–Crippen MR) is 98.9 cm³/mol. The van der Waals surface area contributed by atoms with Gasteiger partial charge in [-0.25, -0.2) is 9.97 Å². The van der Waals surface area contributed by atoms with Crippen LogP contribution in [0.2, 0.25) is 0 Å². The van der Waals surface area contributed by atoms with Gasteiger partial charge in [-0.05, 0) is 72.8 Å². The normalized spacial score (nSPS) is 12.2. The summed E-state index contributed by atoms with van der Waals surface area (Å²) in [5.41, 5.74) is 7.86. The van der Waals surface area contributed by atoms with Crippen molar-refractivity contribution >= 4 is 46.4 Å². The molecule has 2 N–H and O–H groups in total. The van der Waals surface area contributed by atoms with Gasteiger partial charge in [-0.3, -0.25) is 0 Å². The first kappa shape index (κ1) is 15.8. The molecule has 0 fully saturated rings. The third-order valence-electron chi connectivity index (χ3n) is 4.04. The van der Waals surface area contributed by atoms with Crippen LogP contribution in [0.25, 0.3) is 46.4 Å². The molecule has 25 heavy (non-hydrogen) atoms. The van der Waals surface area contributed by atoms with Gasteiger partial charge in [0, 0.05) is 44.4 Å². The molecular formula is C20H14N4Ta. The first-order valence-electron chi connectivity index (χ1n) is 7.85. The van der Waals surface area contributed by atoms with Crippen LogP contribution in [-0.2, 0) is 22.4 Å². The topological polar surface area (TPSA) is 57.4 Å². The van der Waals surface area contributed by atoms with E-state index in [1.165, 1.54) is 0 Å². The molecule has 5 heteroatoms. The van der Waals surface area contributed by atoms with Gasteiger partial charge in [0.15, 0.2) is 0 Å². The SMILES string of the molecule is C1=Cc2cc3ccc(cc4nc(cc5ccc(cc1n2)[nH]5)C=C4)[nH]3.[Ta]. The standard InChI is InChI=1S/C20H14N4.Ta/c1-2-14-10-16-5-6-18(23-16)12-20-8-7-19(24-20)11-17-4-3-15(22-17)9-13(1)21-14;/h1-12,21,24H;. The summed E-state index contributed by atoms with van der Waals surface area (Å²) in [7, 11) is 0. The summed E-state index contributed by atoms with van der Waals surface area (Å²) in [6.45, 7) is 0. The Bertz CT molecular complexity index is 990. The Balaban J connectivity index is 0.00000157. The molecule has 2 aliphatic heterocycles. The van der Waals surface area contributed by atoms with E-state index in [-0.39, 0.29) is 22.4 Å². The minimum atomic E-state index is 0. The monoisotopic (exact) mass is 491 g/mol. The molecule has 0 aromatic carbocycles. The maximum atomic E-state index is 4.63. The second kappa shape index (κ2) is 6.33. The zero-order valence-corrected chi connectivity index (χ0v) is 16.5. The third kappa shape index (κ3) is 3.28. The first-order chi connectivity index (χ1) is 11.8. The minimum Gasteiger partial charge on any atom is -0.355 e. The number of aromatic nitrogens is 4. The van der Waals surface area contributed by atoms with Crippen LogP contribution in [0.3, 0.4) is 0 Å². The average Bonchev–Trinajstić information content (AvgIpc) is 3.32. The van der Waals surface area contributed by atoms with Crippen molar-refractivity contribution in [3.63, 3.8) is 0 Å². The molecule has 1 radical (unpaired) electrons. The molecule has 0 atom stereocenters. The minimum absolute atomic E-state index is 0. The van der Waals surface area contributed by atoms with E-state index < -0.39 is 0 Å². The van der Waals surface area contributed by atoms with E-state index >= 15 is 0 Å². The Labute approximate surface area is 159 Å². The number of fused-ring (bicyclic) bond motifs is 8. The predicted octanol–water partition coefficient (Wildman–Crippen LogP) is 4.65. The summed E-state index contributed by atoms with van der Waals surface area (Å²) in [5.74, 6) is 0. The summed E-state index contributed by atoms with van der Waals surface area (Å²) in [6.07, 6.45) is 8.09. The molecule has 3 aromatic heterocycles. The molecule has 0 saturated carbocycles. The Morgan fingerprint density at radius 3 is 1.04 bits per heavy atom. The van der Waals surface area contributed by atoms with Crippen LogP contribution in [0, 0.1) is 0 Å². The summed E-state index contributed by atoms with van der Waals surface area (Å²) in [4.78, 5) is 16.0. The van der Waals surface area contributed by atoms with Crippen molar-refractivity contribution in [2.75, 3.05) is 0 Å². The number of nitrogens with zero attached hydrogens (tertiary/aromatic N) is 2. The number of rotatable bonds is 0. The zero-order valence-electron chi connectivity index (χ0n) is 13.3. The van der Waals surface area contributed by atoms with Gasteiger partial charge in [0.05, 0.1) is 22.8 Å². The molecule has 5 heterocycles. The van der Waals surface area contributed by atoms with Crippen molar-refractivity contribution in [3.05, 3.63) is 71.3 Å². The number of hydrogen-bond donors (Lipinski definition) is 2. The summed E-state index contributed by atoms with van der Waals surface area (Å²) in [5, 5.41) is 0. The molecule has 0 aliphatic carbocycles. The molecule has 8 bridgehead atoms. The molecule has 3 aromatic rings. The largest absolute Gasteiger partial charge is 0.355 e. The molecule has 4 nitrogen and oxygen atoms in total. The van der Waals surface area contributed by atoms with E-state index in [4.69, 9.17) is 0 Å². The Hall–Kier alpha value is -2.66. The van der Waals surface area contributed by atoms with E-state index in [1.54, 1.807) is 0 Å². The van der Waals surface area contributed by atoms with Crippen LogP contribution >= 0.6 is 0 Å². The van der Waals surface area contributed by atoms with Crippen LogP contribution in [0.4, 0.5) is 0 Å². The van der Waals surface area contributed by atoms with E-state index in [2.05, 4.69) is 44.2 Å². The Morgan fingerprint density at radius 2 is 0.760 bits per heavy atom. The first-order valence-corrected chi connectivity index (χ1v) is 7.85. The van der Waals surface area contributed by atoms with Gasteiger partial charge >= 0.3 is 0 Å². The van der Waals surface area contributed by atoms with Gasteiger partial charge in [0.25, 0.3) is 0 Å². The summed E-state index contributed by atoms with van der Waals surface area (Å²) < 4.78 is 0. The molecule has 0 saturated heterocycles.